The SMILES string of the molecule is CC(C)n1c(C2CCCC2)nc(-c2cccc(Cl)c2)c1N. The number of imidazole rings is 1. The van der Waals surface area contributed by atoms with Crippen molar-refractivity contribution in [2.45, 2.75) is 51.5 Å². The van der Waals surface area contributed by atoms with E-state index in [2.05, 4.69) is 18.4 Å². The molecule has 0 aliphatic heterocycles. The second-order valence-electron chi connectivity index (χ2n) is 6.16. The van der Waals surface area contributed by atoms with Crippen LogP contribution in [0.15, 0.2) is 24.3 Å². The third-order valence-corrected chi connectivity index (χ3v) is 4.55. The highest BCUT2D eigenvalue weighted by Crippen LogP contribution is 2.39. The van der Waals surface area contributed by atoms with Gasteiger partial charge in [0.2, 0.25) is 0 Å². The highest BCUT2D eigenvalue weighted by Gasteiger charge is 2.26. The summed E-state index contributed by atoms with van der Waals surface area (Å²) in [4.78, 5) is 4.90. The van der Waals surface area contributed by atoms with E-state index in [1.54, 1.807) is 0 Å². The van der Waals surface area contributed by atoms with Crippen molar-refractivity contribution in [2.24, 2.45) is 0 Å². The zero-order chi connectivity index (χ0) is 15.0. The molecule has 2 aromatic rings. The summed E-state index contributed by atoms with van der Waals surface area (Å²) in [6.07, 6.45) is 5.03. The van der Waals surface area contributed by atoms with E-state index in [1.165, 1.54) is 25.7 Å². The van der Waals surface area contributed by atoms with Crippen LogP contribution in [0, 0.1) is 0 Å². The molecule has 0 unspecified atom stereocenters. The molecule has 0 spiro atoms. The van der Waals surface area contributed by atoms with Crippen molar-refractivity contribution >= 4 is 17.4 Å². The molecule has 3 nitrogen and oxygen atoms in total. The number of nitrogen functional groups attached to an aromatic ring is 1. The van der Waals surface area contributed by atoms with E-state index in [9.17, 15) is 0 Å². The maximum atomic E-state index is 6.41. The zero-order valence-corrected chi connectivity index (χ0v) is 13.4. The summed E-state index contributed by atoms with van der Waals surface area (Å²) >= 11 is 6.11. The molecule has 2 N–H and O–H groups in total. The fraction of sp³-hybridized carbons (Fsp3) is 0.471. The quantitative estimate of drug-likeness (QED) is 0.864. The number of hydrogen-bond donors (Lipinski definition) is 1. The fourth-order valence-corrected chi connectivity index (χ4v) is 3.52. The Balaban J connectivity index is 2.11. The van der Waals surface area contributed by atoms with Crippen molar-refractivity contribution in [3.05, 3.63) is 35.1 Å². The van der Waals surface area contributed by atoms with Crippen molar-refractivity contribution in [1.29, 1.82) is 0 Å². The van der Waals surface area contributed by atoms with Crippen LogP contribution in [0.25, 0.3) is 11.3 Å². The van der Waals surface area contributed by atoms with Gasteiger partial charge in [-0.1, -0.05) is 36.6 Å². The van der Waals surface area contributed by atoms with Gasteiger partial charge in [0, 0.05) is 22.5 Å². The fourth-order valence-electron chi connectivity index (χ4n) is 3.33. The minimum atomic E-state index is 0.320. The second-order valence-corrected chi connectivity index (χ2v) is 6.60. The molecule has 0 amide bonds. The predicted molar refractivity (Wildman–Crippen MR) is 88.7 cm³/mol. The maximum absolute atomic E-state index is 6.41. The van der Waals surface area contributed by atoms with Crippen molar-refractivity contribution < 1.29 is 0 Å². The molecule has 1 aliphatic carbocycles. The van der Waals surface area contributed by atoms with Crippen LogP contribution in [-0.4, -0.2) is 9.55 Å². The van der Waals surface area contributed by atoms with E-state index in [0.717, 1.165) is 22.9 Å². The summed E-state index contributed by atoms with van der Waals surface area (Å²) in [6.45, 7) is 4.33. The van der Waals surface area contributed by atoms with Crippen molar-refractivity contribution in [2.75, 3.05) is 5.73 Å². The molecule has 112 valence electrons. The molecular weight excluding hydrogens is 282 g/mol. The predicted octanol–water partition coefficient (Wildman–Crippen LogP) is 5.02. The summed E-state index contributed by atoms with van der Waals surface area (Å²) < 4.78 is 2.20. The standard InChI is InChI=1S/C17H22ClN3/c1-11(2)21-16(19)15(13-8-5-9-14(18)10-13)20-17(21)12-6-3-4-7-12/h5,8-12H,3-4,6-7,19H2,1-2H3. The number of anilines is 1. The van der Waals surface area contributed by atoms with Gasteiger partial charge < -0.3 is 10.3 Å². The molecule has 4 heteroatoms. The highest BCUT2D eigenvalue weighted by molar-refractivity contribution is 6.30. The van der Waals surface area contributed by atoms with E-state index in [1.807, 2.05) is 24.3 Å². The number of nitrogens with zero attached hydrogens (tertiary/aromatic N) is 2. The molecule has 0 saturated heterocycles. The molecule has 1 heterocycles. The van der Waals surface area contributed by atoms with Crippen LogP contribution < -0.4 is 5.73 Å². The van der Waals surface area contributed by atoms with Crippen LogP contribution in [-0.2, 0) is 0 Å². The van der Waals surface area contributed by atoms with Gasteiger partial charge in [0.15, 0.2) is 0 Å². The van der Waals surface area contributed by atoms with Crippen LogP contribution in [0.2, 0.25) is 5.02 Å². The first-order valence-electron chi connectivity index (χ1n) is 7.71. The Hall–Kier alpha value is -1.48. The Morgan fingerprint density at radius 3 is 2.62 bits per heavy atom. The monoisotopic (exact) mass is 303 g/mol. The topological polar surface area (TPSA) is 43.8 Å². The zero-order valence-electron chi connectivity index (χ0n) is 12.6. The lowest BCUT2D eigenvalue weighted by Gasteiger charge is -2.17. The summed E-state index contributed by atoms with van der Waals surface area (Å²) in [5.74, 6) is 2.45. The number of benzene rings is 1. The van der Waals surface area contributed by atoms with Gasteiger partial charge in [0.05, 0.1) is 0 Å². The van der Waals surface area contributed by atoms with E-state index in [4.69, 9.17) is 22.3 Å². The average molecular weight is 304 g/mol. The molecule has 1 fully saturated rings. The third-order valence-electron chi connectivity index (χ3n) is 4.31. The smallest absolute Gasteiger partial charge is 0.131 e. The minimum Gasteiger partial charge on any atom is -0.383 e. The molecule has 1 aromatic carbocycles. The second kappa shape index (κ2) is 5.72. The molecule has 0 bridgehead atoms. The van der Waals surface area contributed by atoms with Crippen LogP contribution >= 0.6 is 11.6 Å². The number of rotatable bonds is 3. The van der Waals surface area contributed by atoms with Crippen LogP contribution in [0.5, 0.6) is 0 Å². The first kappa shape index (κ1) is 14.5. The summed E-state index contributed by atoms with van der Waals surface area (Å²) in [6, 6.07) is 8.09. The van der Waals surface area contributed by atoms with Gasteiger partial charge >= 0.3 is 0 Å². The normalized spacial score (nSPS) is 16.0. The van der Waals surface area contributed by atoms with Crippen LogP contribution in [0.3, 0.4) is 0 Å². The Morgan fingerprint density at radius 2 is 2.00 bits per heavy atom. The lowest BCUT2D eigenvalue weighted by molar-refractivity contribution is 0.534. The molecule has 1 aliphatic rings. The molecule has 3 rings (SSSR count). The molecule has 21 heavy (non-hydrogen) atoms. The molecule has 1 saturated carbocycles. The number of nitrogens with two attached hydrogens (primary N) is 1. The van der Waals surface area contributed by atoms with E-state index in [0.29, 0.717) is 17.0 Å². The van der Waals surface area contributed by atoms with Crippen molar-refractivity contribution in [3.8, 4) is 11.3 Å². The van der Waals surface area contributed by atoms with Gasteiger partial charge in [0.1, 0.15) is 17.3 Å². The maximum Gasteiger partial charge on any atom is 0.131 e. The van der Waals surface area contributed by atoms with Crippen molar-refractivity contribution in [1.82, 2.24) is 9.55 Å². The minimum absolute atomic E-state index is 0.320. The summed E-state index contributed by atoms with van der Waals surface area (Å²) in [7, 11) is 0. The lowest BCUT2D eigenvalue weighted by atomic mass is 10.1. The number of halogens is 1. The third kappa shape index (κ3) is 2.67. The molecule has 0 radical (unpaired) electrons. The summed E-state index contributed by atoms with van der Waals surface area (Å²) in [5.41, 5.74) is 8.28. The molecule has 1 aromatic heterocycles. The largest absolute Gasteiger partial charge is 0.383 e. The van der Waals surface area contributed by atoms with Gasteiger partial charge in [-0.3, -0.25) is 0 Å². The van der Waals surface area contributed by atoms with Crippen LogP contribution in [0.4, 0.5) is 5.82 Å². The average Bonchev–Trinajstić information content (AvgIpc) is 3.05. The Kier molecular flexibility index (Phi) is 3.94. The summed E-state index contributed by atoms with van der Waals surface area (Å²) in [5, 5.41) is 0.716. The highest BCUT2D eigenvalue weighted by atomic mass is 35.5. The van der Waals surface area contributed by atoms with E-state index in [-0.39, 0.29) is 0 Å². The number of hydrogen-bond acceptors (Lipinski definition) is 2. The van der Waals surface area contributed by atoms with Crippen molar-refractivity contribution in [3.63, 3.8) is 0 Å². The molecular formula is C17H22ClN3. The molecule has 0 atom stereocenters. The van der Waals surface area contributed by atoms with Gasteiger partial charge in [-0.25, -0.2) is 4.98 Å². The van der Waals surface area contributed by atoms with E-state index >= 15 is 0 Å². The first-order valence-corrected chi connectivity index (χ1v) is 8.09. The number of aromatic nitrogens is 2. The lowest BCUT2D eigenvalue weighted by Crippen LogP contribution is -2.11. The van der Waals surface area contributed by atoms with E-state index < -0.39 is 0 Å². The Bertz CT molecular complexity index is 639. The van der Waals surface area contributed by atoms with Gasteiger partial charge in [-0.15, -0.1) is 0 Å². The Morgan fingerprint density at radius 1 is 1.29 bits per heavy atom. The Labute approximate surface area is 131 Å². The van der Waals surface area contributed by atoms with Gasteiger partial charge in [-0.2, -0.15) is 0 Å². The first-order chi connectivity index (χ1) is 10.1. The van der Waals surface area contributed by atoms with Gasteiger partial charge in [0.25, 0.3) is 0 Å². The van der Waals surface area contributed by atoms with Crippen LogP contribution in [0.1, 0.15) is 57.3 Å². The van der Waals surface area contributed by atoms with Gasteiger partial charge in [-0.05, 0) is 38.8 Å².